The standard InChI is InChI=1S/6C3H6O3.15Na.15H/c6*1-2(4)3(5)6;;;;;;;;;;;;;;;;;;;;;;;;;;;;;;/h6*2,4H,1H3,(H,5,6);;;;;;;;;;;;;;;;;;;;;;;;;;;;;;/q;;;;;;15*+1;15*-1. The van der Waals surface area contributed by atoms with Crippen LogP contribution in [0.1, 0.15) is 62.9 Å². The molecule has 0 bridgehead atoms. The molecule has 18 nitrogen and oxygen atoms in total. The van der Waals surface area contributed by atoms with Gasteiger partial charge in [0.05, 0.1) is 0 Å². The summed E-state index contributed by atoms with van der Waals surface area (Å²) in [6.07, 6.45) is -7.39. The molecule has 0 spiro atoms. The van der Waals surface area contributed by atoms with Crippen LogP contribution in [0.25, 0.3) is 0 Å². The average molecular weight is 900 g/mol. The van der Waals surface area contributed by atoms with Gasteiger partial charge in [0.25, 0.3) is 0 Å². The molecule has 0 aliphatic carbocycles. The van der Waals surface area contributed by atoms with Crippen molar-refractivity contribution in [2.24, 2.45) is 0 Å². The van der Waals surface area contributed by atoms with Gasteiger partial charge in [-0.05, 0) is 41.5 Å². The monoisotopic (exact) mass is 900 g/mol. The molecular weight excluding hydrogens is 849 g/mol. The van der Waals surface area contributed by atoms with Crippen LogP contribution in [0.4, 0.5) is 0 Å². The van der Waals surface area contributed by atoms with Gasteiger partial charge in [0, 0.05) is 0 Å². The van der Waals surface area contributed by atoms with Crippen molar-refractivity contribution >= 4 is 35.8 Å². The summed E-state index contributed by atoms with van der Waals surface area (Å²) >= 11 is 0. The molecular formula is C18H51Na15O18. The Hall–Kier alpha value is 11.6. The molecule has 246 valence electrons. The van der Waals surface area contributed by atoms with Gasteiger partial charge in [0.15, 0.2) is 0 Å². The van der Waals surface area contributed by atoms with Gasteiger partial charge in [-0.1, -0.05) is 0 Å². The summed E-state index contributed by atoms with van der Waals surface area (Å²) in [6, 6.07) is 0. The van der Waals surface area contributed by atoms with E-state index in [1.807, 2.05) is 0 Å². The third-order valence-corrected chi connectivity index (χ3v) is 2.14. The van der Waals surface area contributed by atoms with Crippen LogP contribution in [-0.2, 0) is 28.8 Å². The fraction of sp³-hybridized carbons (Fsp3) is 0.667. The molecule has 0 fully saturated rings. The molecule has 0 aromatic rings. The third-order valence-electron chi connectivity index (χ3n) is 2.14. The Balaban J connectivity index is -0.00000000441. The Kier molecular flexibility index (Phi) is 269. The second-order valence-electron chi connectivity index (χ2n) is 6.09. The van der Waals surface area contributed by atoms with E-state index in [0.717, 1.165) is 0 Å². The van der Waals surface area contributed by atoms with Gasteiger partial charge in [0.2, 0.25) is 0 Å². The Labute approximate surface area is 653 Å². The second kappa shape index (κ2) is 99.8. The number of hydrogen-bond acceptors (Lipinski definition) is 12. The van der Waals surface area contributed by atoms with Crippen molar-refractivity contribution in [1.29, 1.82) is 0 Å². The zero-order chi connectivity index (χ0) is 30.9. The van der Waals surface area contributed by atoms with Crippen molar-refractivity contribution in [3.05, 3.63) is 0 Å². The summed E-state index contributed by atoms with van der Waals surface area (Å²) in [6.45, 7) is 7.18. The van der Waals surface area contributed by atoms with Crippen LogP contribution in [0.3, 0.4) is 0 Å². The smallest absolute Gasteiger partial charge is 1.00 e. The molecule has 0 aliphatic rings. The maximum atomic E-state index is 9.45. The second-order valence-corrected chi connectivity index (χ2v) is 6.09. The Morgan fingerprint density at radius 3 is 0.275 bits per heavy atom. The van der Waals surface area contributed by atoms with Gasteiger partial charge >= 0.3 is 479 Å². The molecule has 51 heavy (non-hydrogen) atoms. The minimum absolute atomic E-state index is 0. The number of aliphatic carboxylic acids is 6. The van der Waals surface area contributed by atoms with E-state index in [0.29, 0.717) is 0 Å². The summed E-state index contributed by atoms with van der Waals surface area (Å²) in [5, 5.41) is 94.6. The molecule has 0 heterocycles. The number of hydrogen-bond donors (Lipinski definition) is 12. The van der Waals surface area contributed by atoms with Crippen LogP contribution in [-0.4, -0.2) is 134 Å². The number of carboxylic acids is 6. The summed E-state index contributed by atoms with van der Waals surface area (Å²) in [5.41, 5.74) is 0. The number of carbonyl (C=O) groups is 6. The Morgan fingerprint density at radius 2 is 0.275 bits per heavy atom. The molecule has 0 aliphatic heterocycles. The van der Waals surface area contributed by atoms with Gasteiger partial charge in [-0.15, -0.1) is 0 Å². The van der Waals surface area contributed by atoms with Crippen LogP contribution in [0, 0.1) is 0 Å². The fourth-order valence-corrected chi connectivity index (χ4v) is 0. The normalized spacial score (nSPS) is 9.65. The molecule has 0 saturated heterocycles. The van der Waals surface area contributed by atoms with E-state index in [-0.39, 0.29) is 465 Å². The van der Waals surface area contributed by atoms with Crippen LogP contribution in [0.2, 0.25) is 0 Å². The molecule has 33 heteroatoms. The first kappa shape index (κ1) is 137. The van der Waals surface area contributed by atoms with E-state index < -0.39 is 72.4 Å². The maximum absolute atomic E-state index is 9.45. The van der Waals surface area contributed by atoms with Crippen LogP contribution < -0.4 is 443 Å². The van der Waals surface area contributed by atoms with Gasteiger partial charge in [0.1, 0.15) is 36.6 Å². The van der Waals surface area contributed by atoms with Crippen molar-refractivity contribution in [3.8, 4) is 0 Å². The zero-order valence-electron chi connectivity index (χ0n) is 50.3. The maximum Gasteiger partial charge on any atom is 1.00 e. The van der Waals surface area contributed by atoms with Crippen molar-refractivity contribution in [1.82, 2.24) is 0 Å². The predicted molar refractivity (Wildman–Crippen MR) is 133 cm³/mol. The fourth-order valence-electron chi connectivity index (χ4n) is 0. The van der Waals surface area contributed by atoms with E-state index >= 15 is 0 Å². The summed E-state index contributed by atoms with van der Waals surface area (Å²) in [7, 11) is 0. The number of rotatable bonds is 6. The minimum Gasteiger partial charge on any atom is -1.00 e. The van der Waals surface area contributed by atoms with E-state index in [4.69, 9.17) is 61.3 Å². The van der Waals surface area contributed by atoms with Crippen molar-refractivity contribution < 1.29 is 555 Å². The number of aliphatic hydroxyl groups excluding tert-OH is 6. The minimum atomic E-state index is -1.23. The molecule has 0 rings (SSSR count). The first-order valence-corrected chi connectivity index (χ1v) is 9.31. The van der Waals surface area contributed by atoms with E-state index in [2.05, 4.69) is 0 Å². The molecule has 12 N–H and O–H groups in total. The van der Waals surface area contributed by atoms with Gasteiger partial charge in [-0.3, -0.25) is 0 Å². The first-order chi connectivity index (χ1) is 15.9. The first-order valence-electron chi connectivity index (χ1n) is 9.31. The van der Waals surface area contributed by atoms with E-state index in [1.54, 1.807) is 0 Å². The van der Waals surface area contributed by atoms with Gasteiger partial charge in [-0.2, -0.15) is 0 Å². The zero-order valence-corrected chi connectivity index (χ0v) is 65.3. The molecule has 0 saturated carbocycles. The third kappa shape index (κ3) is 173. The summed E-state index contributed by atoms with van der Waals surface area (Å²) < 4.78 is 0. The molecule has 0 radical (unpaired) electrons. The molecule has 0 amide bonds. The summed E-state index contributed by atoms with van der Waals surface area (Å²) in [5.74, 6) is -7.11. The SMILES string of the molecule is CC(O)C(=O)O.CC(O)C(=O)O.CC(O)C(=O)O.CC(O)C(=O)O.CC(O)C(=O)O.CC(O)C(=O)O.[H-].[H-].[H-].[H-].[H-].[H-].[H-].[H-].[H-].[H-].[H-].[H-].[H-].[H-].[H-].[Na+].[Na+].[Na+].[Na+].[Na+].[Na+].[Na+].[Na+].[Na+].[Na+].[Na+].[Na+].[Na+].[Na+].[Na+]. The number of carboxylic acid groups (broad SMARTS) is 6. The number of aliphatic hydroxyl groups is 6. The Morgan fingerprint density at radius 1 is 0.255 bits per heavy atom. The van der Waals surface area contributed by atoms with Crippen LogP contribution in [0.5, 0.6) is 0 Å². The molecule has 6 unspecified atom stereocenters. The quantitative estimate of drug-likeness (QED) is 0.110. The van der Waals surface area contributed by atoms with Crippen LogP contribution >= 0.6 is 0 Å². The molecule has 0 aromatic heterocycles. The Bertz CT molecular complexity index is 578. The van der Waals surface area contributed by atoms with Crippen molar-refractivity contribution in [3.63, 3.8) is 0 Å². The molecule has 6 atom stereocenters. The van der Waals surface area contributed by atoms with Crippen LogP contribution in [0.15, 0.2) is 0 Å². The van der Waals surface area contributed by atoms with E-state index in [9.17, 15) is 28.8 Å². The summed E-state index contributed by atoms with van der Waals surface area (Å²) in [4.78, 5) is 56.7. The van der Waals surface area contributed by atoms with Gasteiger partial charge < -0.3 is 82.7 Å². The van der Waals surface area contributed by atoms with Crippen molar-refractivity contribution in [2.75, 3.05) is 0 Å². The van der Waals surface area contributed by atoms with Crippen molar-refractivity contribution in [2.45, 2.75) is 78.2 Å². The van der Waals surface area contributed by atoms with E-state index in [1.165, 1.54) is 41.5 Å². The molecule has 0 aromatic carbocycles. The topological polar surface area (TPSA) is 345 Å². The average Bonchev–Trinajstić information content (AvgIpc) is 2.69. The largest absolute Gasteiger partial charge is 1.00 e. The van der Waals surface area contributed by atoms with Gasteiger partial charge in [-0.25, -0.2) is 28.8 Å². The predicted octanol–water partition coefficient (Wildman–Crippen LogP) is -46.5.